The van der Waals surface area contributed by atoms with Gasteiger partial charge in [0.2, 0.25) is 5.91 Å². The fraction of sp³-hybridized carbons (Fsp3) is 0.458. The number of ether oxygens (including phenoxy) is 1. The Morgan fingerprint density at radius 1 is 0.833 bits per heavy atom. The van der Waals surface area contributed by atoms with Crippen LogP contribution in [-0.2, 0) is 4.79 Å². The second kappa shape index (κ2) is 9.39. The van der Waals surface area contributed by atoms with Crippen LogP contribution in [0.1, 0.15) is 5.56 Å². The second-order valence-electron chi connectivity index (χ2n) is 8.17. The molecule has 2 aromatic carbocycles. The molecule has 0 bridgehead atoms. The van der Waals surface area contributed by atoms with Crippen LogP contribution in [0, 0.1) is 6.92 Å². The summed E-state index contributed by atoms with van der Waals surface area (Å²) in [5.41, 5.74) is 3.76. The summed E-state index contributed by atoms with van der Waals surface area (Å²) >= 11 is 0. The fourth-order valence-electron chi connectivity index (χ4n) is 4.29. The largest absolute Gasteiger partial charge is 0.497 e. The van der Waals surface area contributed by atoms with Crippen molar-refractivity contribution in [2.24, 2.45) is 0 Å². The highest BCUT2D eigenvalue weighted by molar-refractivity contribution is 5.78. The van der Waals surface area contributed by atoms with E-state index in [2.05, 4.69) is 58.0 Å². The first-order valence-corrected chi connectivity index (χ1v) is 10.8. The number of anilines is 2. The zero-order chi connectivity index (χ0) is 20.9. The summed E-state index contributed by atoms with van der Waals surface area (Å²) in [6.45, 7) is 9.79. The zero-order valence-electron chi connectivity index (χ0n) is 18.1. The van der Waals surface area contributed by atoms with Gasteiger partial charge in [-0.3, -0.25) is 9.69 Å². The van der Waals surface area contributed by atoms with Gasteiger partial charge in [-0.15, -0.1) is 0 Å². The maximum Gasteiger partial charge on any atom is 0.236 e. The number of piperazine rings is 2. The molecule has 0 atom stereocenters. The van der Waals surface area contributed by atoms with Gasteiger partial charge >= 0.3 is 0 Å². The number of hydrogen-bond acceptors (Lipinski definition) is 5. The van der Waals surface area contributed by atoms with Crippen LogP contribution in [-0.4, -0.2) is 81.7 Å². The minimum atomic E-state index is 0.261. The Kier molecular flexibility index (Phi) is 6.43. The lowest BCUT2D eigenvalue weighted by Crippen LogP contribution is -2.54. The van der Waals surface area contributed by atoms with Gasteiger partial charge in [-0.25, -0.2) is 0 Å². The van der Waals surface area contributed by atoms with Crippen LogP contribution in [0.2, 0.25) is 0 Å². The third kappa shape index (κ3) is 4.87. The Balaban J connectivity index is 1.22. The van der Waals surface area contributed by atoms with Gasteiger partial charge in [-0.1, -0.05) is 12.1 Å². The van der Waals surface area contributed by atoms with Crippen LogP contribution in [0.3, 0.4) is 0 Å². The van der Waals surface area contributed by atoms with E-state index in [0.717, 1.165) is 58.1 Å². The molecule has 30 heavy (non-hydrogen) atoms. The van der Waals surface area contributed by atoms with Gasteiger partial charge in [0.25, 0.3) is 0 Å². The topological polar surface area (TPSA) is 39.3 Å². The number of carbonyl (C=O) groups is 1. The van der Waals surface area contributed by atoms with Crippen LogP contribution in [0.5, 0.6) is 5.75 Å². The maximum absolute atomic E-state index is 12.8. The first-order valence-electron chi connectivity index (χ1n) is 10.8. The summed E-state index contributed by atoms with van der Waals surface area (Å²) in [5, 5.41) is 0. The van der Waals surface area contributed by atoms with E-state index in [-0.39, 0.29) is 5.91 Å². The summed E-state index contributed by atoms with van der Waals surface area (Å²) in [6.07, 6.45) is 0. The van der Waals surface area contributed by atoms with Crippen molar-refractivity contribution in [2.75, 3.05) is 75.8 Å². The summed E-state index contributed by atoms with van der Waals surface area (Å²) in [6, 6.07) is 16.8. The van der Waals surface area contributed by atoms with E-state index in [0.29, 0.717) is 6.54 Å². The molecule has 160 valence electrons. The van der Waals surface area contributed by atoms with Crippen LogP contribution in [0.4, 0.5) is 11.4 Å². The molecule has 2 aromatic rings. The third-order valence-corrected chi connectivity index (χ3v) is 6.17. The number of rotatable bonds is 5. The lowest BCUT2D eigenvalue weighted by atomic mass is 10.2. The molecular weight excluding hydrogens is 376 g/mol. The van der Waals surface area contributed by atoms with Gasteiger partial charge < -0.3 is 19.4 Å². The molecule has 0 aromatic heterocycles. The number of aryl methyl sites for hydroxylation is 1. The quantitative estimate of drug-likeness (QED) is 0.760. The molecule has 2 aliphatic heterocycles. The lowest BCUT2D eigenvalue weighted by molar-refractivity contribution is -0.132. The lowest BCUT2D eigenvalue weighted by Gasteiger charge is -2.39. The van der Waals surface area contributed by atoms with Gasteiger partial charge in [0.15, 0.2) is 0 Å². The highest BCUT2D eigenvalue weighted by atomic mass is 16.5. The van der Waals surface area contributed by atoms with Gasteiger partial charge in [-0.05, 0) is 48.9 Å². The molecule has 2 saturated heterocycles. The molecule has 2 heterocycles. The number of benzene rings is 2. The normalized spacial score (nSPS) is 17.9. The molecule has 0 radical (unpaired) electrons. The van der Waals surface area contributed by atoms with E-state index in [9.17, 15) is 4.79 Å². The first kappa shape index (κ1) is 20.5. The van der Waals surface area contributed by atoms with Gasteiger partial charge in [-0.2, -0.15) is 0 Å². The Labute approximate surface area is 179 Å². The standard InChI is InChI=1S/C24H32N4O2/c1-20-4-3-5-22(18-20)27-14-16-28(17-15-27)24(29)19-25-10-12-26(13-11-25)21-6-8-23(30-2)9-7-21/h3-9,18H,10-17,19H2,1-2H3. The maximum atomic E-state index is 12.8. The molecule has 2 fully saturated rings. The Morgan fingerprint density at radius 3 is 2.10 bits per heavy atom. The number of carbonyl (C=O) groups excluding carboxylic acids is 1. The van der Waals surface area contributed by atoms with Crippen molar-refractivity contribution in [2.45, 2.75) is 6.92 Å². The number of nitrogens with zero attached hydrogens (tertiary/aromatic N) is 4. The number of methoxy groups -OCH3 is 1. The number of amides is 1. The van der Waals surface area contributed by atoms with E-state index in [1.54, 1.807) is 7.11 Å². The Morgan fingerprint density at radius 2 is 1.47 bits per heavy atom. The van der Waals surface area contributed by atoms with Gasteiger partial charge in [0.1, 0.15) is 5.75 Å². The second-order valence-corrected chi connectivity index (χ2v) is 8.17. The van der Waals surface area contributed by atoms with Crippen LogP contribution in [0.25, 0.3) is 0 Å². The highest BCUT2D eigenvalue weighted by Crippen LogP contribution is 2.21. The summed E-state index contributed by atoms with van der Waals surface area (Å²) in [4.78, 5) is 21.9. The molecule has 0 spiro atoms. The van der Waals surface area contributed by atoms with E-state index >= 15 is 0 Å². The van der Waals surface area contributed by atoms with Crippen molar-refractivity contribution in [3.8, 4) is 5.75 Å². The van der Waals surface area contributed by atoms with Crippen molar-refractivity contribution >= 4 is 17.3 Å². The highest BCUT2D eigenvalue weighted by Gasteiger charge is 2.25. The molecule has 6 nitrogen and oxygen atoms in total. The SMILES string of the molecule is COc1ccc(N2CCN(CC(=O)N3CCN(c4cccc(C)c4)CC3)CC2)cc1. The first-order chi connectivity index (χ1) is 14.6. The molecule has 0 aliphatic carbocycles. The van der Waals surface area contributed by atoms with Crippen molar-refractivity contribution in [1.82, 2.24) is 9.80 Å². The molecule has 2 aliphatic rings. The molecule has 1 amide bonds. The average Bonchev–Trinajstić information content (AvgIpc) is 2.80. The monoisotopic (exact) mass is 408 g/mol. The third-order valence-electron chi connectivity index (χ3n) is 6.17. The van der Waals surface area contributed by atoms with E-state index in [1.165, 1.54) is 16.9 Å². The predicted octanol–water partition coefficient (Wildman–Crippen LogP) is 2.47. The summed E-state index contributed by atoms with van der Waals surface area (Å²) < 4.78 is 5.24. The fourth-order valence-corrected chi connectivity index (χ4v) is 4.29. The molecule has 0 unspecified atom stereocenters. The van der Waals surface area contributed by atoms with E-state index < -0.39 is 0 Å². The molecule has 4 rings (SSSR count). The van der Waals surface area contributed by atoms with Crippen molar-refractivity contribution in [3.63, 3.8) is 0 Å². The van der Waals surface area contributed by atoms with Crippen LogP contribution in [0.15, 0.2) is 48.5 Å². The van der Waals surface area contributed by atoms with Crippen molar-refractivity contribution in [3.05, 3.63) is 54.1 Å². The van der Waals surface area contributed by atoms with Crippen LogP contribution >= 0.6 is 0 Å². The predicted molar refractivity (Wildman–Crippen MR) is 122 cm³/mol. The Bertz CT molecular complexity index is 839. The summed E-state index contributed by atoms with van der Waals surface area (Å²) in [7, 11) is 1.69. The zero-order valence-corrected chi connectivity index (χ0v) is 18.1. The van der Waals surface area contributed by atoms with Gasteiger partial charge in [0.05, 0.1) is 13.7 Å². The van der Waals surface area contributed by atoms with Crippen molar-refractivity contribution in [1.29, 1.82) is 0 Å². The van der Waals surface area contributed by atoms with Crippen molar-refractivity contribution < 1.29 is 9.53 Å². The van der Waals surface area contributed by atoms with E-state index in [4.69, 9.17) is 4.74 Å². The molecule has 0 saturated carbocycles. The van der Waals surface area contributed by atoms with E-state index in [1.807, 2.05) is 17.0 Å². The van der Waals surface area contributed by atoms with Gasteiger partial charge in [0, 0.05) is 63.7 Å². The minimum Gasteiger partial charge on any atom is -0.497 e. The van der Waals surface area contributed by atoms with Crippen LogP contribution < -0.4 is 14.5 Å². The number of hydrogen-bond donors (Lipinski definition) is 0. The summed E-state index contributed by atoms with van der Waals surface area (Å²) in [5.74, 6) is 1.14. The molecular formula is C24H32N4O2. The average molecular weight is 409 g/mol. The smallest absolute Gasteiger partial charge is 0.236 e. The Hall–Kier alpha value is -2.73. The molecule has 0 N–H and O–H groups in total. The molecule has 6 heteroatoms. The minimum absolute atomic E-state index is 0.261.